The van der Waals surface area contributed by atoms with E-state index in [1.807, 2.05) is 60.7 Å². The summed E-state index contributed by atoms with van der Waals surface area (Å²) in [4.78, 5) is 45.0. The number of ether oxygens (including phenoxy) is 2. The molecular formula is C26H24N4O5. The lowest BCUT2D eigenvalue weighted by Gasteiger charge is -2.05. The van der Waals surface area contributed by atoms with Gasteiger partial charge in [-0.15, -0.1) is 5.10 Å². The summed E-state index contributed by atoms with van der Waals surface area (Å²) in [5.41, 5.74) is 2.93. The molecule has 9 nitrogen and oxygen atoms in total. The molecule has 9 heteroatoms. The second-order valence-electron chi connectivity index (χ2n) is 7.72. The maximum Gasteiger partial charge on any atom is 0.378 e. The van der Waals surface area contributed by atoms with Gasteiger partial charge in [0, 0.05) is 11.3 Å². The molecule has 0 unspecified atom stereocenters. The summed E-state index contributed by atoms with van der Waals surface area (Å²) in [6.45, 7) is 4.70. The van der Waals surface area contributed by atoms with E-state index >= 15 is 0 Å². The average molecular weight is 473 g/mol. The number of carbonyl (C=O) groups excluding carboxylic acids is 3. The van der Waals surface area contributed by atoms with Crippen LogP contribution in [-0.2, 0) is 9.47 Å². The van der Waals surface area contributed by atoms with E-state index in [1.165, 1.54) is 0 Å². The monoisotopic (exact) mass is 472 g/mol. The number of benzene rings is 2. The number of nitrogens with zero attached hydrogens (tertiary/aromatic N) is 3. The Morgan fingerprint density at radius 2 is 1.57 bits per heavy atom. The number of Topliss-reactive ketones (excluding diaryl/α,β-unsaturated/α-hetero) is 1. The Bertz CT molecular complexity index is 1320. The molecule has 0 saturated heterocycles. The van der Waals surface area contributed by atoms with Gasteiger partial charge in [0.25, 0.3) is 5.82 Å². The van der Waals surface area contributed by atoms with Crippen molar-refractivity contribution in [1.82, 2.24) is 19.7 Å². The molecule has 2 heterocycles. The van der Waals surface area contributed by atoms with Gasteiger partial charge in [-0.3, -0.25) is 4.79 Å². The summed E-state index contributed by atoms with van der Waals surface area (Å²) in [5.74, 6) is -1.55. The minimum absolute atomic E-state index is 0.174. The van der Waals surface area contributed by atoms with Gasteiger partial charge >= 0.3 is 11.9 Å². The minimum atomic E-state index is -0.836. The fraction of sp³-hybridized carbons (Fsp3) is 0.192. The zero-order valence-corrected chi connectivity index (χ0v) is 19.6. The Balaban J connectivity index is 1.55. The summed E-state index contributed by atoms with van der Waals surface area (Å²) >= 11 is 0. The quantitative estimate of drug-likeness (QED) is 0.303. The molecule has 0 aliphatic carbocycles. The first-order valence-electron chi connectivity index (χ1n) is 11.0. The number of aryl methyl sites for hydroxylation is 1. The normalized spacial score (nSPS) is 10.7. The number of ketones is 1. The van der Waals surface area contributed by atoms with Gasteiger partial charge < -0.3 is 14.5 Å². The van der Waals surface area contributed by atoms with Crippen LogP contribution in [0.15, 0.2) is 60.7 Å². The van der Waals surface area contributed by atoms with Crippen LogP contribution in [0, 0.1) is 13.8 Å². The zero-order valence-electron chi connectivity index (χ0n) is 19.6. The number of H-pyrrole nitrogens is 1. The first kappa shape index (κ1) is 23.6. The average Bonchev–Trinajstić information content (AvgIpc) is 3.45. The van der Waals surface area contributed by atoms with Crippen molar-refractivity contribution >= 4 is 17.7 Å². The fourth-order valence-electron chi connectivity index (χ4n) is 3.73. The Hall–Kier alpha value is -4.53. The van der Waals surface area contributed by atoms with Crippen molar-refractivity contribution in [3.05, 3.63) is 89.0 Å². The van der Waals surface area contributed by atoms with Crippen LogP contribution in [0.5, 0.6) is 0 Å². The molecule has 0 spiro atoms. The first-order valence-corrected chi connectivity index (χ1v) is 11.0. The molecule has 178 valence electrons. The molecule has 0 saturated carbocycles. The van der Waals surface area contributed by atoms with E-state index in [0.717, 1.165) is 11.3 Å². The van der Waals surface area contributed by atoms with Crippen LogP contribution in [0.3, 0.4) is 0 Å². The Kier molecular flexibility index (Phi) is 6.86. The maximum absolute atomic E-state index is 12.8. The van der Waals surface area contributed by atoms with E-state index in [0.29, 0.717) is 22.6 Å². The van der Waals surface area contributed by atoms with Crippen LogP contribution in [0.4, 0.5) is 0 Å². The first-order chi connectivity index (χ1) is 16.9. The van der Waals surface area contributed by atoms with Crippen molar-refractivity contribution < 1.29 is 23.9 Å². The van der Waals surface area contributed by atoms with Crippen LogP contribution in [0.2, 0.25) is 0 Å². The number of rotatable bonds is 8. The maximum atomic E-state index is 12.8. The lowest BCUT2D eigenvalue weighted by atomic mass is 10.1. The van der Waals surface area contributed by atoms with Crippen LogP contribution in [0.1, 0.15) is 49.6 Å². The van der Waals surface area contributed by atoms with Crippen LogP contribution < -0.4 is 0 Å². The highest BCUT2D eigenvalue weighted by Crippen LogP contribution is 2.22. The third-order valence-electron chi connectivity index (χ3n) is 5.35. The number of hydrogen-bond acceptors (Lipinski definition) is 7. The Labute approximate surface area is 201 Å². The van der Waals surface area contributed by atoms with Gasteiger partial charge in [0.1, 0.15) is 0 Å². The van der Waals surface area contributed by atoms with Gasteiger partial charge in [-0.25, -0.2) is 19.3 Å². The summed E-state index contributed by atoms with van der Waals surface area (Å²) < 4.78 is 11.8. The second-order valence-corrected chi connectivity index (χ2v) is 7.72. The predicted molar refractivity (Wildman–Crippen MR) is 128 cm³/mol. The number of hydrogen-bond donors (Lipinski definition) is 1. The van der Waals surface area contributed by atoms with Crippen molar-refractivity contribution in [1.29, 1.82) is 0 Å². The number of esters is 2. The van der Waals surface area contributed by atoms with E-state index in [2.05, 4.69) is 15.1 Å². The molecule has 0 atom stereocenters. The molecule has 4 rings (SSSR count). The Morgan fingerprint density at radius 3 is 2.23 bits per heavy atom. The van der Waals surface area contributed by atoms with E-state index < -0.39 is 24.3 Å². The van der Waals surface area contributed by atoms with Gasteiger partial charge in [0.2, 0.25) is 5.78 Å². The van der Waals surface area contributed by atoms with Crippen molar-refractivity contribution in [2.75, 3.05) is 13.2 Å². The number of para-hydroxylation sites is 1. The van der Waals surface area contributed by atoms with Gasteiger partial charge in [0.05, 0.1) is 23.6 Å². The SMILES string of the molecule is CCOC(=O)c1c(C)[nH]c(C(=O)COC(=O)c2nc(-c3ccccc3)n(-c3ccccc3)n2)c1C. The topological polar surface area (TPSA) is 116 Å². The van der Waals surface area contributed by atoms with Crippen LogP contribution in [0.25, 0.3) is 17.1 Å². The molecule has 0 amide bonds. The number of nitrogens with one attached hydrogen (secondary N) is 1. The third-order valence-corrected chi connectivity index (χ3v) is 5.35. The minimum Gasteiger partial charge on any atom is -0.462 e. The largest absolute Gasteiger partial charge is 0.462 e. The van der Waals surface area contributed by atoms with Gasteiger partial charge in [-0.2, -0.15) is 0 Å². The second kappa shape index (κ2) is 10.2. The molecule has 0 aliphatic rings. The molecule has 0 fully saturated rings. The molecule has 0 aliphatic heterocycles. The molecule has 2 aromatic carbocycles. The lowest BCUT2D eigenvalue weighted by Crippen LogP contribution is -2.17. The lowest BCUT2D eigenvalue weighted by molar-refractivity contribution is 0.0460. The molecule has 35 heavy (non-hydrogen) atoms. The summed E-state index contributed by atoms with van der Waals surface area (Å²) in [7, 11) is 0. The molecular weight excluding hydrogens is 448 g/mol. The molecule has 1 N–H and O–H groups in total. The van der Waals surface area contributed by atoms with E-state index in [-0.39, 0.29) is 18.1 Å². The van der Waals surface area contributed by atoms with Crippen molar-refractivity contribution in [3.63, 3.8) is 0 Å². The van der Waals surface area contributed by atoms with Crippen molar-refractivity contribution in [3.8, 4) is 17.1 Å². The third kappa shape index (κ3) is 4.89. The standard InChI is InChI=1S/C26H24N4O5/c1-4-34-25(32)21-16(2)22(27-17(21)3)20(31)15-35-26(33)23-28-24(18-11-7-5-8-12-18)30(29-23)19-13-9-6-10-14-19/h5-14,27H,4,15H2,1-3H3. The van der Waals surface area contributed by atoms with Crippen LogP contribution >= 0.6 is 0 Å². The van der Waals surface area contributed by atoms with E-state index in [9.17, 15) is 14.4 Å². The number of aromatic amines is 1. The fourth-order valence-corrected chi connectivity index (χ4v) is 3.73. The van der Waals surface area contributed by atoms with E-state index in [4.69, 9.17) is 9.47 Å². The summed E-state index contributed by atoms with van der Waals surface area (Å²) in [5, 5.41) is 4.34. The van der Waals surface area contributed by atoms with Crippen LogP contribution in [-0.4, -0.2) is 50.7 Å². The Morgan fingerprint density at radius 1 is 0.914 bits per heavy atom. The molecule has 0 bridgehead atoms. The number of carbonyl (C=O) groups is 3. The van der Waals surface area contributed by atoms with Gasteiger partial charge in [-0.05, 0) is 38.5 Å². The van der Waals surface area contributed by atoms with E-state index in [1.54, 1.807) is 25.5 Å². The summed E-state index contributed by atoms with van der Waals surface area (Å²) in [6, 6.07) is 18.6. The van der Waals surface area contributed by atoms with Gasteiger partial charge in [-0.1, -0.05) is 48.5 Å². The molecule has 0 radical (unpaired) electrons. The van der Waals surface area contributed by atoms with Crippen molar-refractivity contribution in [2.45, 2.75) is 20.8 Å². The predicted octanol–water partition coefficient (Wildman–Crippen LogP) is 4.10. The highest BCUT2D eigenvalue weighted by Gasteiger charge is 2.25. The number of aromatic nitrogens is 4. The highest BCUT2D eigenvalue weighted by molar-refractivity contribution is 6.03. The summed E-state index contributed by atoms with van der Waals surface area (Å²) in [6.07, 6.45) is 0. The molecule has 4 aromatic rings. The molecule has 2 aromatic heterocycles. The van der Waals surface area contributed by atoms with Gasteiger partial charge in [0.15, 0.2) is 12.4 Å². The highest BCUT2D eigenvalue weighted by atomic mass is 16.5. The smallest absolute Gasteiger partial charge is 0.378 e. The zero-order chi connectivity index (χ0) is 24.9. The van der Waals surface area contributed by atoms with Crippen molar-refractivity contribution in [2.24, 2.45) is 0 Å².